The number of thiophene rings is 1. The molecule has 1 aromatic heterocycles. The smallest absolute Gasteiger partial charge is 0.314 e. The van der Waals surface area contributed by atoms with Gasteiger partial charge in [-0.15, -0.1) is 11.3 Å². The van der Waals surface area contributed by atoms with Crippen molar-refractivity contribution in [3.63, 3.8) is 0 Å². The van der Waals surface area contributed by atoms with Gasteiger partial charge >= 0.3 is 6.03 Å². The van der Waals surface area contributed by atoms with Crippen LogP contribution in [0.15, 0.2) is 41.8 Å². The molecule has 2 amide bonds. The second-order valence-corrected chi connectivity index (χ2v) is 8.36. The summed E-state index contributed by atoms with van der Waals surface area (Å²) in [5.74, 6) is 0.269. The molecule has 3 N–H and O–H groups in total. The lowest BCUT2D eigenvalue weighted by Gasteiger charge is -2.36. The third kappa shape index (κ3) is 5.53. The number of hydrogen-bond donors (Lipinski definition) is 3. The lowest BCUT2D eigenvalue weighted by atomic mass is 9.97. The summed E-state index contributed by atoms with van der Waals surface area (Å²) in [5, 5.41) is 17.7. The minimum atomic E-state index is -1.08. The van der Waals surface area contributed by atoms with Crippen LogP contribution in [-0.4, -0.2) is 42.2 Å². The number of halogens is 1. The molecule has 1 aromatic carbocycles. The molecule has 1 aliphatic rings. The first-order valence-corrected chi connectivity index (χ1v) is 10.6. The molecular weight excluding hydrogens is 377 g/mol. The van der Waals surface area contributed by atoms with E-state index in [4.69, 9.17) is 0 Å². The van der Waals surface area contributed by atoms with Crippen molar-refractivity contribution < 1.29 is 14.3 Å². The molecule has 28 heavy (non-hydrogen) atoms. The van der Waals surface area contributed by atoms with Crippen LogP contribution >= 0.6 is 11.3 Å². The van der Waals surface area contributed by atoms with Crippen LogP contribution in [0.3, 0.4) is 0 Å². The summed E-state index contributed by atoms with van der Waals surface area (Å²) >= 11 is 1.70. The van der Waals surface area contributed by atoms with Crippen molar-refractivity contribution in [2.75, 3.05) is 26.2 Å². The standard InChI is InChI=1S/C21H28FN3O2S/c1-15-8-10-25(11-9-15)18(20-7-4-12-28-20)13-23-21(27)24-14-19(26)16-5-2-3-6-17(16)22/h2-7,12,15,18-19,26H,8-11,13-14H2,1H3,(H2,23,24,27). The van der Waals surface area contributed by atoms with Gasteiger partial charge in [-0.1, -0.05) is 31.2 Å². The molecule has 1 saturated heterocycles. The average molecular weight is 406 g/mol. The zero-order chi connectivity index (χ0) is 19.9. The van der Waals surface area contributed by atoms with Crippen molar-refractivity contribution >= 4 is 17.4 Å². The van der Waals surface area contributed by atoms with Crippen molar-refractivity contribution in [2.45, 2.75) is 31.9 Å². The third-order valence-electron chi connectivity index (χ3n) is 5.31. The number of likely N-dealkylation sites (tertiary alicyclic amines) is 1. The minimum absolute atomic E-state index is 0.0440. The fourth-order valence-corrected chi connectivity index (χ4v) is 4.39. The van der Waals surface area contributed by atoms with Crippen LogP contribution in [-0.2, 0) is 0 Å². The molecular formula is C21H28FN3O2S. The van der Waals surface area contributed by atoms with Gasteiger partial charge in [-0.25, -0.2) is 9.18 Å². The van der Waals surface area contributed by atoms with E-state index >= 15 is 0 Å². The van der Waals surface area contributed by atoms with E-state index in [1.807, 2.05) is 6.07 Å². The second-order valence-electron chi connectivity index (χ2n) is 7.38. The van der Waals surface area contributed by atoms with E-state index in [1.54, 1.807) is 23.5 Å². The number of rotatable bonds is 7. The highest BCUT2D eigenvalue weighted by molar-refractivity contribution is 7.10. The van der Waals surface area contributed by atoms with E-state index in [-0.39, 0.29) is 24.2 Å². The van der Waals surface area contributed by atoms with Crippen LogP contribution in [0.25, 0.3) is 0 Å². The molecule has 2 atom stereocenters. The monoisotopic (exact) mass is 405 g/mol. The summed E-state index contributed by atoms with van der Waals surface area (Å²) in [6.07, 6.45) is 1.26. The van der Waals surface area contributed by atoms with Gasteiger partial charge in [0.2, 0.25) is 0 Å². The summed E-state index contributed by atoms with van der Waals surface area (Å²) < 4.78 is 13.7. The fourth-order valence-electron chi connectivity index (χ4n) is 3.53. The Bertz CT molecular complexity index is 748. The molecule has 0 bridgehead atoms. The third-order valence-corrected chi connectivity index (χ3v) is 6.28. The molecule has 5 nitrogen and oxygen atoms in total. The Balaban J connectivity index is 1.51. The van der Waals surface area contributed by atoms with Gasteiger partial charge in [-0.05, 0) is 49.4 Å². The van der Waals surface area contributed by atoms with Crippen LogP contribution in [0.1, 0.15) is 42.4 Å². The van der Waals surface area contributed by atoms with Gasteiger partial charge < -0.3 is 15.7 Å². The first-order chi connectivity index (χ1) is 13.5. The van der Waals surface area contributed by atoms with Gasteiger partial charge in [0.25, 0.3) is 0 Å². The number of nitrogens with zero attached hydrogens (tertiary/aromatic N) is 1. The normalized spacial score (nSPS) is 17.8. The quantitative estimate of drug-likeness (QED) is 0.658. The first-order valence-electron chi connectivity index (χ1n) is 9.76. The SMILES string of the molecule is CC1CCN(C(CNC(=O)NCC(O)c2ccccc2F)c2cccs2)CC1. The van der Waals surface area contributed by atoms with E-state index in [2.05, 4.69) is 33.9 Å². The number of piperidine rings is 1. The summed E-state index contributed by atoms with van der Waals surface area (Å²) in [4.78, 5) is 15.9. The fraction of sp³-hybridized carbons (Fsp3) is 0.476. The molecule has 2 aromatic rings. The van der Waals surface area contributed by atoms with Crippen LogP contribution in [0.4, 0.5) is 9.18 Å². The Morgan fingerprint density at radius 1 is 1.21 bits per heavy atom. The predicted octanol–water partition coefficient (Wildman–Crippen LogP) is 3.69. The maximum absolute atomic E-state index is 13.7. The Hall–Kier alpha value is -1.96. The van der Waals surface area contributed by atoms with E-state index in [9.17, 15) is 14.3 Å². The average Bonchev–Trinajstić information content (AvgIpc) is 3.22. The van der Waals surface area contributed by atoms with E-state index in [0.717, 1.165) is 19.0 Å². The second kappa shape index (κ2) is 10.0. The highest BCUT2D eigenvalue weighted by Crippen LogP contribution is 2.29. The molecule has 0 spiro atoms. The van der Waals surface area contributed by atoms with Crippen molar-refractivity contribution in [3.05, 3.63) is 58.0 Å². The molecule has 1 fully saturated rings. The topological polar surface area (TPSA) is 64.6 Å². The number of aliphatic hydroxyl groups excluding tert-OH is 1. The Morgan fingerprint density at radius 2 is 1.93 bits per heavy atom. The van der Waals surface area contributed by atoms with Gasteiger partial charge in [0.1, 0.15) is 5.82 Å². The zero-order valence-electron chi connectivity index (χ0n) is 16.1. The molecule has 2 heterocycles. The molecule has 0 radical (unpaired) electrons. The lowest BCUT2D eigenvalue weighted by molar-refractivity contribution is 0.137. The van der Waals surface area contributed by atoms with Crippen LogP contribution in [0, 0.1) is 11.7 Å². The molecule has 2 unspecified atom stereocenters. The van der Waals surface area contributed by atoms with Gasteiger partial charge in [-0.2, -0.15) is 0 Å². The first kappa shape index (κ1) is 20.8. The van der Waals surface area contributed by atoms with Gasteiger partial charge in [0, 0.05) is 23.5 Å². The summed E-state index contributed by atoms with van der Waals surface area (Å²) in [7, 11) is 0. The van der Waals surface area contributed by atoms with Crippen molar-refractivity contribution in [1.29, 1.82) is 0 Å². The number of carbonyl (C=O) groups is 1. The van der Waals surface area contributed by atoms with E-state index < -0.39 is 11.9 Å². The van der Waals surface area contributed by atoms with Gasteiger partial charge in [0.15, 0.2) is 0 Å². The van der Waals surface area contributed by atoms with Gasteiger partial charge in [0.05, 0.1) is 12.1 Å². The Labute approximate surface area is 169 Å². The summed E-state index contributed by atoms with van der Waals surface area (Å²) in [5.41, 5.74) is 0.182. The number of aliphatic hydroxyl groups is 1. The molecule has 152 valence electrons. The zero-order valence-corrected chi connectivity index (χ0v) is 16.9. The summed E-state index contributed by atoms with van der Waals surface area (Å²) in [6.45, 7) is 4.79. The van der Waals surface area contributed by atoms with E-state index in [0.29, 0.717) is 6.54 Å². The maximum atomic E-state index is 13.7. The van der Waals surface area contributed by atoms with Crippen molar-refractivity contribution in [3.8, 4) is 0 Å². The molecule has 0 aliphatic carbocycles. The highest BCUT2D eigenvalue weighted by Gasteiger charge is 2.25. The van der Waals surface area contributed by atoms with E-state index in [1.165, 1.54) is 29.9 Å². The molecule has 7 heteroatoms. The van der Waals surface area contributed by atoms with Crippen molar-refractivity contribution in [1.82, 2.24) is 15.5 Å². The molecule has 0 saturated carbocycles. The number of urea groups is 1. The number of nitrogens with one attached hydrogen (secondary N) is 2. The summed E-state index contributed by atoms with van der Waals surface area (Å²) in [6, 6.07) is 9.97. The number of benzene rings is 1. The number of carbonyl (C=O) groups excluding carboxylic acids is 1. The molecule has 3 rings (SSSR count). The maximum Gasteiger partial charge on any atom is 0.314 e. The Kier molecular flexibility index (Phi) is 7.42. The predicted molar refractivity (Wildman–Crippen MR) is 110 cm³/mol. The number of hydrogen-bond acceptors (Lipinski definition) is 4. The minimum Gasteiger partial charge on any atom is -0.386 e. The lowest BCUT2D eigenvalue weighted by Crippen LogP contribution is -2.44. The van der Waals surface area contributed by atoms with Crippen LogP contribution < -0.4 is 10.6 Å². The van der Waals surface area contributed by atoms with Gasteiger partial charge in [-0.3, -0.25) is 4.90 Å². The van der Waals surface area contributed by atoms with Crippen molar-refractivity contribution in [2.24, 2.45) is 5.92 Å². The molecule has 1 aliphatic heterocycles. The van der Waals surface area contributed by atoms with Crippen LogP contribution in [0.5, 0.6) is 0 Å². The highest BCUT2D eigenvalue weighted by atomic mass is 32.1. The number of amides is 2. The largest absolute Gasteiger partial charge is 0.386 e. The Morgan fingerprint density at radius 3 is 2.61 bits per heavy atom. The van der Waals surface area contributed by atoms with Crippen LogP contribution in [0.2, 0.25) is 0 Å².